The summed E-state index contributed by atoms with van der Waals surface area (Å²) < 4.78 is 0. The summed E-state index contributed by atoms with van der Waals surface area (Å²) in [7, 11) is 2.06. The van der Waals surface area contributed by atoms with Crippen molar-refractivity contribution in [3.63, 3.8) is 0 Å². The van der Waals surface area contributed by atoms with Gasteiger partial charge in [0, 0.05) is 39.3 Å². The number of nitrogens with zero attached hydrogens (tertiary/aromatic N) is 2. The highest BCUT2D eigenvalue weighted by Crippen LogP contribution is 2.15. The SMILES string of the molecule is CN1CC(C(=O)N2CCNCC2)C1. The third-order valence-corrected chi connectivity index (χ3v) is 2.84. The Morgan fingerprint density at radius 2 is 1.92 bits per heavy atom. The Bertz CT molecular complexity index is 195. The molecule has 0 unspecified atom stereocenters. The van der Waals surface area contributed by atoms with Gasteiger partial charge in [0.15, 0.2) is 0 Å². The van der Waals surface area contributed by atoms with Gasteiger partial charge in [-0.1, -0.05) is 0 Å². The molecule has 2 heterocycles. The van der Waals surface area contributed by atoms with Crippen molar-refractivity contribution in [3.05, 3.63) is 0 Å². The van der Waals surface area contributed by atoms with Crippen LogP contribution in [0.1, 0.15) is 0 Å². The molecule has 2 aliphatic rings. The highest BCUT2D eigenvalue weighted by atomic mass is 16.2. The second-order valence-electron chi connectivity index (χ2n) is 3.99. The largest absolute Gasteiger partial charge is 0.340 e. The topological polar surface area (TPSA) is 35.6 Å². The highest BCUT2D eigenvalue weighted by Gasteiger charge is 2.33. The van der Waals surface area contributed by atoms with Crippen LogP contribution in [0, 0.1) is 5.92 Å². The molecule has 2 aliphatic heterocycles. The van der Waals surface area contributed by atoms with Crippen molar-refractivity contribution in [2.75, 3.05) is 46.3 Å². The van der Waals surface area contributed by atoms with Crippen LogP contribution < -0.4 is 5.32 Å². The number of amides is 1. The number of likely N-dealkylation sites (tertiary alicyclic amines) is 1. The van der Waals surface area contributed by atoms with E-state index >= 15 is 0 Å². The maximum absolute atomic E-state index is 11.8. The van der Waals surface area contributed by atoms with Crippen molar-refractivity contribution in [2.45, 2.75) is 0 Å². The Kier molecular flexibility index (Phi) is 2.51. The lowest BCUT2D eigenvalue weighted by Crippen LogP contribution is -2.56. The van der Waals surface area contributed by atoms with Gasteiger partial charge >= 0.3 is 0 Å². The Morgan fingerprint density at radius 3 is 2.46 bits per heavy atom. The van der Waals surface area contributed by atoms with E-state index in [2.05, 4.69) is 17.3 Å². The van der Waals surface area contributed by atoms with Crippen LogP contribution in [-0.4, -0.2) is 62.0 Å². The summed E-state index contributed by atoms with van der Waals surface area (Å²) in [5, 5.41) is 3.25. The molecular weight excluding hydrogens is 166 g/mol. The lowest BCUT2D eigenvalue weighted by molar-refractivity contribution is -0.141. The molecule has 0 aromatic rings. The molecule has 4 heteroatoms. The molecule has 2 saturated heterocycles. The van der Waals surface area contributed by atoms with Crippen LogP contribution in [0.4, 0.5) is 0 Å². The van der Waals surface area contributed by atoms with E-state index in [1.165, 1.54) is 0 Å². The van der Waals surface area contributed by atoms with Crippen LogP contribution in [-0.2, 0) is 4.79 Å². The molecule has 2 fully saturated rings. The van der Waals surface area contributed by atoms with Crippen LogP contribution >= 0.6 is 0 Å². The standard InChI is InChI=1S/C9H17N3O/c1-11-6-8(7-11)9(13)12-4-2-10-3-5-12/h8,10H,2-7H2,1H3. The van der Waals surface area contributed by atoms with Gasteiger partial charge in [0.2, 0.25) is 5.91 Å². The van der Waals surface area contributed by atoms with E-state index in [1.807, 2.05) is 4.90 Å². The van der Waals surface area contributed by atoms with Gasteiger partial charge in [-0.05, 0) is 7.05 Å². The maximum atomic E-state index is 11.8. The van der Waals surface area contributed by atoms with Gasteiger partial charge in [-0.2, -0.15) is 0 Å². The number of carbonyl (C=O) groups is 1. The van der Waals surface area contributed by atoms with Crippen LogP contribution in [0.5, 0.6) is 0 Å². The first kappa shape index (κ1) is 8.97. The molecule has 0 bridgehead atoms. The Labute approximate surface area is 78.9 Å². The smallest absolute Gasteiger partial charge is 0.228 e. The van der Waals surface area contributed by atoms with Gasteiger partial charge in [0.1, 0.15) is 0 Å². The molecule has 0 aromatic carbocycles. The van der Waals surface area contributed by atoms with Gasteiger partial charge < -0.3 is 15.1 Å². The summed E-state index contributed by atoms with van der Waals surface area (Å²) in [5.74, 6) is 0.641. The third-order valence-electron chi connectivity index (χ3n) is 2.84. The lowest BCUT2D eigenvalue weighted by Gasteiger charge is -2.39. The van der Waals surface area contributed by atoms with Crippen molar-refractivity contribution in [1.82, 2.24) is 15.1 Å². The van der Waals surface area contributed by atoms with Gasteiger partial charge in [0.25, 0.3) is 0 Å². The molecule has 4 nitrogen and oxygen atoms in total. The fraction of sp³-hybridized carbons (Fsp3) is 0.889. The fourth-order valence-electron chi connectivity index (χ4n) is 2.00. The van der Waals surface area contributed by atoms with E-state index in [1.54, 1.807) is 0 Å². The Morgan fingerprint density at radius 1 is 1.31 bits per heavy atom. The zero-order valence-corrected chi connectivity index (χ0v) is 8.12. The minimum absolute atomic E-state index is 0.281. The zero-order valence-electron chi connectivity index (χ0n) is 8.12. The quantitative estimate of drug-likeness (QED) is 0.565. The molecule has 0 saturated carbocycles. The number of piperazine rings is 1. The average Bonchev–Trinajstić information content (AvgIpc) is 2.13. The van der Waals surface area contributed by atoms with Crippen molar-refractivity contribution in [3.8, 4) is 0 Å². The molecule has 2 rings (SSSR count). The number of hydrogen-bond acceptors (Lipinski definition) is 3. The first-order valence-corrected chi connectivity index (χ1v) is 4.95. The summed E-state index contributed by atoms with van der Waals surface area (Å²) in [6, 6.07) is 0. The number of hydrogen-bond donors (Lipinski definition) is 1. The van der Waals surface area contributed by atoms with Crippen molar-refractivity contribution in [2.24, 2.45) is 5.92 Å². The zero-order chi connectivity index (χ0) is 9.26. The number of nitrogens with one attached hydrogen (secondary N) is 1. The second-order valence-corrected chi connectivity index (χ2v) is 3.99. The van der Waals surface area contributed by atoms with E-state index in [0.29, 0.717) is 5.91 Å². The molecule has 0 atom stereocenters. The predicted molar refractivity (Wildman–Crippen MR) is 50.4 cm³/mol. The lowest BCUT2D eigenvalue weighted by atomic mass is 9.99. The minimum Gasteiger partial charge on any atom is -0.340 e. The number of rotatable bonds is 1. The number of carbonyl (C=O) groups excluding carboxylic acids is 1. The average molecular weight is 183 g/mol. The third kappa shape index (κ3) is 1.84. The first-order chi connectivity index (χ1) is 6.27. The summed E-state index contributed by atoms with van der Waals surface area (Å²) in [6.45, 7) is 5.58. The van der Waals surface area contributed by atoms with Crippen molar-refractivity contribution >= 4 is 5.91 Å². The van der Waals surface area contributed by atoms with E-state index < -0.39 is 0 Å². The predicted octanol–water partition coefficient (Wildman–Crippen LogP) is -1.02. The molecule has 1 N–H and O–H groups in total. The summed E-state index contributed by atoms with van der Waals surface area (Å²) in [4.78, 5) is 16.0. The first-order valence-electron chi connectivity index (χ1n) is 4.95. The van der Waals surface area contributed by atoms with Gasteiger partial charge in [-0.3, -0.25) is 4.79 Å². The van der Waals surface area contributed by atoms with Crippen LogP contribution in [0.3, 0.4) is 0 Å². The molecule has 0 aliphatic carbocycles. The normalized spacial score (nSPS) is 25.8. The van der Waals surface area contributed by atoms with E-state index in [4.69, 9.17) is 0 Å². The molecule has 0 spiro atoms. The molecule has 1 amide bonds. The molecule has 74 valence electrons. The van der Waals surface area contributed by atoms with Crippen molar-refractivity contribution in [1.29, 1.82) is 0 Å². The minimum atomic E-state index is 0.281. The summed E-state index contributed by atoms with van der Waals surface area (Å²) in [6.07, 6.45) is 0. The Hall–Kier alpha value is -0.610. The van der Waals surface area contributed by atoms with E-state index in [-0.39, 0.29) is 5.92 Å². The Balaban J connectivity index is 1.82. The van der Waals surface area contributed by atoms with Crippen molar-refractivity contribution < 1.29 is 4.79 Å². The second kappa shape index (κ2) is 3.64. The maximum Gasteiger partial charge on any atom is 0.228 e. The molecular formula is C9H17N3O. The summed E-state index contributed by atoms with van der Waals surface area (Å²) in [5.41, 5.74) is 0. The summed E-state index contributed by atoms with van der Waals surface area (Å²) >= 11 is 0. The fourth-order valence-corrected chi connectivity index (χ4v) is 2.00. The molecule has 0 aromatic heterocycles. The van der Waals surface area contributed by atoms with Crippen LogP contribution in [0.25, 0.3) is 0 Å². The van der Waals surface area contributed by atoms with E-state index in [9.17, 15) is 4.79 Å². The van der Waals surface area contributed by atoms with Crippen LogP contribution in [0.2, 0.25) is 0 Å². The van der Waals surface area contributed by atoms with Gasteiger partial charge in [-0.15, -0.1) is 0 Å². The monoisotopic (exact) mass is 183 g/mol. The van der Waals surface area contributed by atoms with Gasteiger partial charge in [0.05, 0.1) is 5.92 Å². The highest BCUT2D eigenvalue weighted by molar-refractivity contribution is 5.80. The van der Waals surface area contributed by atoms with E-state index in [0.717, 1.165) is 39.3 Å². The van der Waals surface area contributed by atoms with Gasteiger partial charge in [-0.25, -0.2) is 0 Å². The molecule has 13 heavy (non-hydrogen) atoms. The van der Waals surface area contributed by atoms with Crippen LogP contribution in [0.15, 0.2) is 0 Å². The molecule has 0 radical (unpaired) electrons.